The summed E-state index contributed by atoms with van der Waals surface area (Å²) in [4.78, 5) is 11.9. The van der Waals surface area contributed by atoms with Crippen molar-refractivity contribution >= 4 is 5.91 Å². The fourth-order valence-corrected chi connectivity index (χ4v) is 2.49. The molecule has 0 spiro atoms. The lowest BCUT2D eigenvalue weighted by Crippen LogP contribution is -2.49. The third-order valence-corrected chi connectivity index (χ3v) is 4.18. The van der Waals surface area contributed by atoms with Crippen molar-refractivity contribution in [1.82, 2.24) is 5.32 Å². The SMILES string of the molecule is CC(C)(C)C(N)C(=O)NCC(C1CC1)C1CC1. The second-order valence-electron chi connectivity index (χ2n) is 6.93. The topological polar surface area (TPSA) is 55.1 Å². The van der Waals surface area contributed by atoms with Crippen LogP contribution in [0.1, 0.15) is 46.5 Å². The maximum Gasteiger partial charge on any atom is 0.237 e. The predicted octanol–water partition coefficient (Wildman–Crippen LogP) is 1.91. The Bertz CT molecular complexity index is 275. The van der Waals surface area contributed by atoms with Gasteiger partial charge in [-0.25, -0.2) is 0 Å². The Morgan fingerprint density at radius 3 is 2.06 bits per heavy atom. The van der Waals surface area contributed by atoms with Crippen LogP contribution in [0.15, 0.2) is 0 Å². The van der Waals surface area contributed by atoms with E-state index < -0.39 is 6.04 Å². The molecule has 1 amide bonds. The zero-order valence-corrected chi connectivity index (χ0v) is 11.3. The molecule has 2 aliphatic carbocycles. The molecule has 3 heteroatoms. The number of rotatable bonds is 5. The lowest BCUT2D eigenvalue weighted by Gasteiger charge is -2.27. The minimum absolute atomic E-state index is 0.0174. The summed E-state index contributed by atoms with van der Waals surface area (Å²) in [5.41, 5.74) is 5.80. The van der Waals surface area contributed by atoms with Crippen molar-refractivity contribution in [1.29, 1.82) is 0 Å². The maximum absolute atomic E-state index is 11.9. The van der Waals surface area contributed by atoms with Gasteiger partial charge >= 0.3 is 0 Å². The lowest BCUT2D eigenvalue weighted by atomic mass is 9.86. The van der Waals surface area contributed by atoms with Crippen LogP contribution in [0.5, 0.6) is 0 Å². The Kier molecular flexibility index (Phi) is 3.48. The maximum atomic E-state index is 11.9. The molecule has 2 fully saturated rings. The molecule has 0 aromatic carbocycles. The summed E-state index contributed by atoms with van der Waals surface area (Å²) < 4.78 is 0. The molecule has 1 unspecified atom stereocenters. The van der Waals surface area contributed by atoms with E-state index in [-0.39, 0.29) is 11.3 Å². The van der Waals surface area contributed by atoms with Crippen LogP contribution in [0.2, 0.25) is 0 Å². The third-order valence-electron chi connectivity index (χ3n) is 4.18. The molecule has 0 aliphatic heterocycles. The first-order valence-electron chi connectivity index (χ1n) is 6.93. The van der Waals surface area contributed by atoms with E-state index in [4.69, 9.17) is 5.73 Å². The second kappa shape index (κ2) is 4.60. The Hall–Kier alpha value is -0.570. The summed E-state index contributed by atoms with van der Waals surface area (Å²) in [5, 5.41) is 3.07. The minimum atomic E-state index is -0.401. The number of carbonyl (C=O) groups is 1. The van der Waals surface area contributed by atoms with Crippen LogP contribution in [0.4, 0.5) is 0 Å². The molecule has 2 aliphatic rings. The van der Waals surface area contributed by atoms with Crippen LogP contribution in [-0.2, 0) is 4.79 Å². The fraction of sp³-hybridized carbons (Fsp3) is 0.929. The van der Waals surface area contributed by atoms with Crippen LogP contribution in [0.25, 0.3) is 0 Å². The highest BCUT2D eigenvalue weighted by molar-refractivity contribution is 5.82. The van der Waals surface area contributed by atoms with E-state index >= 15 is 0 Å². The Labute approximate surface area is 105 Å². The molecular formula is C14H26N2O. The van der Waals surface area contributed by atoms with Crippen molar-refractivity contribution in [2.75, 3.05) is 6.54 Å². The van der Waals surface area contributed by atoms with Gasteiger partial charge in [0, 0.05) is 6.54 Å². The number of hydrogen-bond acceptors (Lipinski definition) is 2. The van der Waals surface area contributed by atoms with Gasteiger partial charge in [0.05, 0.1) is 6.04 Å². The summed E-state index contributed by atoms with van der Waals surface area (Å²) in [6, 6.07) is -0.401. The lowest BCUT2D eigenvalue weighted by molar-refractivity contribution is -0.124. The van der Waals surface area contributed by atoms with E-state index in [0.29, 0.717) is 0 Å². The number of carbonyl (C=O) groups excluding carboxylic acids is 1. The fourth-order valence-electron chi connectivity index (χ4n) is 2.49. The van der Waals surface area contributed by atoms with Crippen LogP contribution >= 0.6 is 0 Å². The molecule has 0 aromatic heterocycles. The molecule has 0 radical (unpaired) electrons. The normalized spacial score (nSPS) is 22.6. The number of hydrogen-bond donors (Lipinski definition) is 2. The Morgan fingerprint density at radius 2 is 1.71 bits per heavy atom. The standard InChI is InChI=1S/C14H26N2O/c1-14(2,3)12(15)13(17)16-8-11(9-4-5-9)10-6-7-10/h9-12H,4-8,15H2,1-3H3,(H,16,17). The average molecular weight is 238 g/mol. The first-order valence-corrected chi connectivity index (χ1v) is 6.93. The van der Waals surface area contributed by atoms with Gasteiger partial charge in [-0.15, -0.1) is 0 Å². The molecule has 1 atom stereocenters. The van der Waals surface area contributed by atoms with Gasteiger partial charge in [0.2, 0.25) is 5.91 Å². The van der Waals surface area contributed by atoms with Crippen molar-refractivity contribution in [3.05, 3.63) is 0 Å². The molecule has 0 aromatic rings. The van der Waals surface area contributed by atoms with Crippen molar-refractivity contribution in [3.63, 3.8) is 0 Å². The monoisotopic (exact) mass is 238 g/mol. The summed E-state index contributed by atoms with van der Waals surface area (Å²) in [7, 11) is 0. The van der Waals surface area contributed by atoms with E-state index in [1.807, 2.05) is 20.8 Å². The van der Waals surface area contributed by atoms with E-state index in [1.54, 1.807) is 0 Å². The predicted molar refractivity (Wildman–Crippen MR) is 69.4 cm³/mol. The molecular weight excluding hydrogens is 212 g/mol. The second-order valence-corrected chi connectivity index (χ2v) is 6.93. The molecule has 17 heavy (non-hydrogen) atoms. The van der Waals surface area contributed by atoms with Gasteiger partial charge in [0.15, 0.2) is 0 Å². The third kappa shape index (κ3) is 3.44. The molecule has 0 bridgehead atoms. The van der Waals surface area contributed by atoms with Crippen molar-refractivity contribution in [2.24, 2.45) is 28.9 Å². The zero-order chi connectivity index (χ0) is 12.6. The molecule has 0 heterocycles. The van der Waals surface area contributed by atoms with Crippen molar-refractivity contribution in [2.45, 2.75) is 52.5 Å². The van der Waals surface area contributed by atoms with Gasteiger partial charge in [-0.2, -0.15) is 0 Å². The highest BCUT2D eigenvalue weighted by Gasteiger charge is 2.41. The Morgan fingerprint density at radius 1 is 1.24 bits per heavy atom. The first kappa shape index (κ1) is 12.9. The van der Waals surface area contributed by atoms with E-state index in [9.17, 15) is 4.79 Å². The molecule has 2 rings (SSSR count). The van der Waals surface area contributed by atoms with E-state index in [1.165, 1.54) is 25.7 Å². The summed E-state index contributed by atoms with van der Waals surface area (Å²) >= 11 is 0. The van der Waals surface area contributed by atoms with Crippen LogP contribution in [0.3, 0.4) is 0 Å². The summed E-state index contributed by atoms with van der Waals surface area (Å²) in [6.45, 7) is 6.88. The van der Waals surface area contributed by atoms with E-state index in [0.717, 1.165) is 24.3 Å². The average Bonchev–Trinajstić information content (AvgIpc) is 3.08. The first-order chi connectivity index (χ1) is 7.89. The van der Waals surface area contributed by atoms with Gasteiger partial charge < -0.3 is 11.1 Å². The molecule has 98 valence electrons. The quantitative estimate of drug-likeness (QED) is 0.768. The van der Waals surface area contributed by atoms with E-state index in [2.05, 4.69) is 5.32 Å². The van der Waals surface area contributed by atoms with Gasteiger partial charge in [-0.3, -0.25) is 4.79 Å². The highest BCUT2D eigenvalue weighted by Crippen LogP contribution is 2.48. The summed E-state index contributed by atoms with van der Waals surface area (Å²) in [6.07, 6.45) is 5.45. The van der Waals surface area contributed by atoms with Crippen molar-refractivity contribution in [3.8, 4) is 0 Å². The minimum Gasteiger partial charge on any atom is -0.354 e. The number of nitrogens with two attached hydrogens (primary N) is 1. The van der Waals surface area contributed by atoms with Crippen LogP contribution in [0, 0.1) is 23.2 Å². The molecule has 0 saturated heterocycles. The molecule has 3 N–H and O–H groups in total. The molecule has 2 saturated carbocycles. The van der Waals surface area contributed by atoms with Gasteiger partial charge in [-0.1, -0.05) is 20.8 Å². The zero-order valence-electron chi connectivity index (χ0n) is 11.3. The van der Waals surface area contributed by atoms with Crippen molar-refractivity contribution < 1.29 is 4.79 Å². The smallest absolute Gasteiger partial charge is 0.237 e. The van der Waals surface area contributed by atoms with Crippen LogP contribution in [-0.4, -0.2) is 18.5 Å². The van der Waals surface area contributed by atoms with Gasteiger partial charge in [0.25, 0.3) is 0 Å². The van der Waals surface area contributed by atoms with Crippen LogP contribution < -0.4 is 11.1 Å². The largest absolute Gasteiger partial charge is 0.354 e. The summed E-state index contributed by atoms with van der Waals surface area (Å²) in [5.74, 6) is 2.51. The Balaban J connectivity index is 1.78. The molecule has 3 nitrogen and oxygen atoms in total. The van der Waals surface area contributed by atoms with Gasteiger partial charge in [0.1, 0.15) is 0 Å². The highest BCUT2D eigenvalue weighted by atomic mass is 16.2. The number of nitrogens with one attached hydrogen (secondary N) is 1. The van der Waals surface area contributed by atoms with Gasteiger partial charge in [-0.05, 0) is 48.9 Å². The number of amides is 1.